The fourth-order valence-electron chi connectivity index (χ4n) is 1.89. The minimum atomic E-state index is -1.02. The number of benzene rings is 2. The summed E-state index contributed by atoms with van der Waals surface area (Å²) in [4.78, 5) is 0.852. The predicted molar refractivity (Wildman–Crippen MR) is 83.7 cm³/mol. The van der Waals surface area contributed by atoms with Crippen molar-refractivity contribution in [2.24, 2.45) is 0 Å². The molecule has 0 fully saturated rings. The Morgan fingerprint density at radius 2 is 1.89 bits per heavy atom. The average Bonchev–Trinajstić information content (AvgIpc) is 2.45. The standard InChI is InChI=1S/C15H16BrNOS/c1-17-15(12-6-3-2-4-7-12)11-19(18)14-9-5-8-13(16)10-14/h2-10,15,17H,11H2,1H3. The quantitative estimate of drug-likeness (QED) is 0.904. The lowest BCUT2D eigenvalue weighted by atomic mass is 10.1. The molecule has 0 aromatic heterocycles. The molecule has 19 heavy (non-hydrogen) atoms. The highest BCUT2D eigenvalue weighted by atomic mass is 79.9. The van der Waals surface area contributed by atoms with Gasteiger partial charge in [-0.3, -0.25) is 4.21 Å². The third kappa shape index (κ3) is 4.00. The molecule has 2 atom stereocenters. The van der Waals surface area contributed by atoms with Gasteiger partial charge in [-0.25, -0.2) is 0 Å². The van der Waals surface area contributed by atoms with Crippen LogP contribution in [-0.4, -0.2) is 17.0 Å². The van der Waals surface area contributed by atoms with Crippen molar-refractivity contribution >= 4 is 26.7 Å². The van der Waals surface area contributed by atoms with Crippen molar-refractivity contribution in [2.45, 2.75) is 10.9 Å². The molecule has 0 aliphatic heterocycles. The maximum atomic E-state index is 12.4. The molecule has 2 nitrogen and oxygen atoms in total. The van der Waals surface area contributed by atoms with Crippen LogP contribution in [0, 0.1) is 0 Å². The van der Waals surface area contributed by atoms with Crippen LogP contribution in [0.2, 0.25) is 0 Å². The molecule has 0 aliphatic carbocycles. The Hall–Kier alpha value is -0.970. The number of nitrogens with one attached hydrogen (secondary N) is 1. The van der Waals surface area contributed by atoms with E-state index in [2.05, 4.69) is 33.4 Å². The van der Waals surface area contributed by atoms with E-state index < -0.39 is 10.8 Å². The van der Waals surface area contributed by atoms with E-state index in [1.807, 2.05) is 49.5 Å². The lowest BCUT2D eigenvalue weighted by molar-refractivity contribution is 0.635. The van der Waals surface area contributed by atoms with Crippen LogP contribution in [0.15, 0.2) is 64.0 Å². The van der Waals surface area contributed by atoms with E-state index in [4.69, 9.17) is 0 Å². The first-order chi connectivity index (χ1) is 9.20. The lowest BCUT2D eigenvalue weighted by Crippen LogP contribution is -2.22. The summed E-state index contributed by atoms with van der Waals surface area (Å²) in [7, 11) is 0.882. The highest BCUT2D eigenvalue weighted by Crippen LogP contribution is 2.19. The molecular formula is C15H16BrNOS. The summed E-state index contributed by atoms with van der Waals surface area (Å²) in [5, 5.41) is 3.23. The van der Waals surface area contributed by atoms with Gasteiger partial charge in [0.25, 0.3) is 0 Å². The maximum absolute atomic E-state index is 12.4. The van der Waals surface area contributed by atoms with E-state index in [-0.39, 0.29) is 6.04 Å². The van der Waals surface area contributed by atoms with Crippen LogP contribution in [0.4, 0.5) is 0 Å². The maximum Gasteiger partial charge on any atom is 0.0549 e. The minimum absolute atomic E-state index is 0.0982. The molecule has 0 spiro atoms. The number of hydrogen-bond acceptors (Lipinski definition) is 2. The van der Waals surface area contributed by atoms with Gasteiger partial charge in [0.15, 0.2) is 0 Å². The van der Waals surface area contributed by atoms with Crippen LogP contribution in [0.5, 0.6) is 0 Å². The van der Waals surface area contributed by atoms with Gasteiger partial charge in [-0.05, 0) is 30.8 Å². The minimum Gasteiger partial charge on any atom is -0.312 e. The van der Waals surface area contributed by atoms with Gasteiger partial charge >= 0.3 is 0 Å². The van der Waals surface area contributed by atoms with E-state index in [1.165, 1.54) is 0 Å². The number of halogens is 1. The van der Waals surface area contributed by atoms with Gasteiger partial charge in [-0.1, -0.05) is 52.3 Å². The Kier molecular flexibility index (Phi) is 5.31. The van der Waals surface area contributed by atoms with Crippen molar-refractivity contribution in [3.05, 3.63) is 64.6 Å². The molecule has 0 radical (unpaired) electrons. The van der Waals surface area contributed by atoms with Crippen molar-refractivity contribution in [3.63, 3.8) is 0 Å². The topological polar surface area (TPSA) is 29.1 Å². The second-order valence-corrected chi connectivity index (χ2v) is 6.63. The van der Waals surface area contributed by atoms with Gasteiger partial charge in [0.05, 0.1) is 10.8 Å². The Morgan fingerprint density at radius 3 is 2.53 bits per heavy atom. The van der Waals surface area contributed by atoms with Crippen LogP contribution in [0.3, 0.4) is 0 Å². The summed E-state index contributed by atoms with van der Waals surface area (Å²) in [6.45, 7) is 0. The van der Waals surface area contributed by atoms with Crippen molar-refractivity contribution in [1.82, 2.24) is 5.32 Å². The Balaban J connectivity index is 2.13. The highest BCUT2D eigenvalue weighted by molar-refractivity contribution is 9.10. The normalized spacial score (nSPS) is 14.0. The van der Waals surface area contributed by atoms with Crippen LogP contribution < -0.4 is 5.32 Å². The van der Waals surface area contributed by atoms with Crippen LogP contribution in [0.1, 0.15) is 11.6 Å². The van der Waals surface area contributed by atoms with Gasteiger partial charge in [-0.15, -0.1) is 0 Å². The van der Waals surface area contributed by atoms with E-state index >= 15 is 0 Å². The molecule has 0 saturated heterocycles. The summed E-state index contributed by atoms with van der Waals surface area (Å²) in [6, 6.07) is 17.9. The fraction of sp³-hybridized carbons (Fsp3) is 0.200. The first kappa shape index (κ1) is 14.4. The molecule has 2 aromatic rings. The molecule has 0 amide bonds. The van der Waals surface area contributed by atoms with Crippen molar-refractivity contribution in [3.8, 4) is 0 Å². The summed E-state index contributed by atoms with van der Waals surface area (Å²) in [5.74, 6) is 0.566. The zero-order valence-electron chi connectivity index (χ0n) is 10.7. The Labute approximate surface area is 124 Å². The van der Waals surface area contributed by atoms with Crippen molar-refractivity contribution in [2.75, 3.05) is 12.8 Å². The van der Waals surface area contributed by atoms with Crippen molar-refractivity contribution in [1.29, 1.82) is 0 Å². The van der Waals surface area contributed by atoms with E-state index in [0.717, 1.165) is 14.9 Å². The molecule has 1 N–H and O–H groups in total. The number of rotatable bonds is 5. The number of hydrogen-bond donors (Lipinski definition) is 1. The summed E-state index contributed by atoms with van der Waals surface area (Å²) >= 11 is 3.41. The molecule has 0 bridgehead atoms. The summed E-state index contributed by atoms with van der Waals surface area (Å²) < 4.78 is 13.3. The fourth-order valence-corrected chi connectivity index (χ4v) is 3.78. The summed E-state index contributed by atoms with van der Waals surface area (Å²) in [5.41, 5.74) is 1.16. The van der Waals surface area contributed by atoms with Gasteiger partial charge in [0.1, 0.15) is 0 Å². The van der Waals surface area contributed by atoms with E-state index in [9.17, 15) is 4.21 Å². The van der Waals surface area contributed by atoms with Crippen LogP contribution in [0.25, 0.3) is 0 Å². The third-order valence-electron chi connectivity index (χ3n) is 2.93. The molecule has 0 aliphatic rings. The first-order valence-corrected chi connectivity index (χ1v) is 8.18. The van der Waals surface area contributed by atoms with Crippen LogP contribution >= 0.6 is 15.9 Å². The van der Waals surface area contributed by atoms with Gasteiger partial charge in [0, 0.05) is 21.2 Å². The lowest BCUT2D eigenvalue weighted by Gasteiger charge is -2.16. The Morgan fingerprint density at radius 1 is 1.16 bits per heavy atom. The zero-order valence-corrected chi connectivity index (χ0v) is 13.1. The average molecular weight is 338 g/mol. The van der Waals surface area contributed by atoms with Gasteiger partial charge in [-0.2, -0.15) is 0 Å². The first-order valence-electron chi connectivity index (χ1n) is 6.07. The van der Waals surface area contributed by atoms with Gasteiger partial charge in [0.2, 0.25) is 0 Å². The predicted octanol–water partition coefficient (Wildman–Crippen LogP) is 3.52. The van der Waals surface area contributed by atoms with E-state index in [0.29, 0.717) is 5.75 Å². The second kappa shape index (κ2) is 6.98. The third-order valence-corrected chi connectivity index (χ3v) is 4.84. The van der Waals surface area contributed by atoms with Crippen LogP contribution in [-0.2, 0) is 10.8 Å². The smallest absolute Gasteiger partial charge is 0.0549 e. The van der Waals surface area contributed by atoms with Gasteiger partial charge < -0.3 is 5.32 Å². The largest absolute Gasteiger partial charge is 0.312 e. The molecule has 2 rings (SSSR count). The highest BCUT2D eigenvalue weighted by Gasteiger charge is 2.14. The molecule has 0 saturated carbocycles. The molecule has 2 aromatic carbocycles. The SMILES string of the molecule is CNC(CS(=O)c1cccc(Br)c1)c1ccccc1. The molecule has 4 heteroatoms. The molecule has 0 heterocycles. The molecule has 2 unspecified atom stereocenters. The summed E-state index contributed by atoms with van der Waals surface area (Å²) in [6.07, 6.45) is 0. The zero-order chi connectivity index (χ0) is 13.7. The molecule has 100 valence electrons. The second-order valence-electron chi connectivity index (χ2n) is 4.22. The van der Waals surface area contributed by atoms with E-state index in [1.54, 1.807) is 0 Å². The monoisotopic (exact) mass is 337 g/mol. The molecular weight excluding hydrogens is 322 g/mol. The Bertz CT molecular complexity index is 559. The van der Waals surface area contributed by atoms with Crippen molar-refractivity contribution < 1.29 is 4.21 Å².